The maximum absolute atomic E-state index is 12.6. The second-order valence-electron chi connectivity index (χ2n) is 21.0. The largest absolute Gasteiger partial charge is 0.458 e. The lowest BCUT2D eigenvalue weighted by Gasteiger charge is -2.40. The van der Waals surface area contributed by atoms with Gasteiger partial charge in [-0.05, 0) is 122 Å². The highest BCUT2D eigenvalue weighted by Gasteiger charge is 2.38. The Bertz CT molecular complexity index is 2690. The average molecular weight is 987 g/mol. The quantitative estimate of drug-likeness (QED) is 0.136. The van der Waals surface area contributed by atoms with Crippen molar-refractivity contribution >= 4 is 52.8 Å². The van der Waals surface area contributed by atoms with Crippen LogP contribution in [0, 0.1) is 5.92 Å². The van der Waals surface area contributed by atoms with Crippen LogP contribution in [0.1, 0.15) is 101 Å². The molecular weight excluding hydrogens is 917 g/mol. The van der Waals surface area contributed by atoms with Gasteiger partial charge >= 0.3 is 0 Å². The molecule has 10 rings (SSSR count). The lowest BCUT2D eigenvalue weighted by Crippen LogP contribution is -2.49. The number of aromatic nitrogens is 7. The van der Waals surface area contributed by atoms with Crippen LogP contribution < -0.4 is 20.9 Å². The summed E-state index contributed by atoms with van der Waals surface area (Å²) in [7, 11) is 3.82. The van der Waals surface area contributed by atoms with Gasteiger partial charge in [-0.25, -0.2) is 24.6 Å². The SMILES string of the molecule is CN1CCC(c2cnc(-c3c(-c4nn(C(C)(C)C)c5ncnc(N)c45)noc3C3CC3)nc2)CC1.CNC(=O)C(CCC=O)N1CCc2c(N3CCN(CC4CCN(C(=O)COC=O)CC4)CC3)cccc21. The van der Waals surface area contributed by atoms with Gasteiger partial charge in [-0.3, -0.25) is 19.3 Å². The van der Waals surface area contributed by atoms with Crippen molar-refractivity contribution in [3.05, 3.63) is 53.8 Å². The molecule has 4 aliphatic heterocycles. The number of likely N-dealkylation sites (tertiary alicyclic amines) is 2. The summed E-state index contributed by atoms with van der Waals surface area (Å²) < 4.78 is 12.4. The van der Waals surface area contributed by atoms with E-state index in [0.29, 0.717) is 71.1 Å². The lowest BCUT2D eigenvalue weighted by molar-refractivity contribution is -0.144. The summed E-state index contributed by atoms with van der Waals surface area (Å²) in [6, 6.07) is 6.04. The van der Waals surface area contributed by atoms with E-state index < -0.39 is 0 Å². The standard InChI is InChI=1S/C27H39N5O5.C25H31N9O/c1-28-27(36)25(6-3-17-33)32-12-9-22-23(4-2-5-24(22)32)30-15-13-29(14-16-30)18-21-7-10-31(11-8-21)26(35)19-37-20-34;1-25(2,3)34-24-18(22(26)29-13-30-24)19(31-34)20-17(21(35-32-20)15-5-6-15)23-27-11-16(12-28-23)14-7-9-33(4)10-8-14/h2,4-5,17,20-21,25H,3,6-16,18-19H2,1H3,(H,28,36);11-15H,5-10H2,1-4H3,(H2,26,29,30). The number of anilines is 3. The Morgan fingerprint density at radius 2 is 1.61 bits per heavy atom. The fourth-order valence-corrected chi connectivity index (χ4v) is 10.9. The molecular formula is C52H70N14O6. The molecule has 4 fully saturated rings. The number of ether oxygens (including phenoxy) is 1. The van der Waals surface area contributed by atoms with E-state index in [2.05, 4.69) is 90.8 Å². The third-order valence-electron chi connectivity index (χ3n) is 15.1. The number of fused-ring (bicyclic) bond motifs is 2. The summed E-state index contributed by atoms with van der Waals surface area (Å²) in [4.78, 5) is 75.6. The number of nitrogens with zero attached hydrogens (tertiary/aromatic N) is 12. The molecule has 4 aromatic heterocycles. The number of aldehydes is 1. The molecule has 20 heteroatoms. The van der Waals surface area contributed by atoms with Gasteiger partial charge in [0, 0.05) is 101 Å². The highest BCUT2D eigenvalue weighted by molar-refractivity contribution is 6.00. The van der Waals surface area contributed by atoms with Crippen molar-refractivity contribution in [1.29, 1.82) is 0 Å². The fourth-order valence-electron chi connectivity index (χ4n) is 10.9. The number of nitrogens with two attached hydrogens (primary N) is 1. The maximum atomic E-state index is 12.6. The summed E-state index contributed by atoms with van der Waals surface area (Å²) in [5, 5.41) is 12.8. The van der Waals surface area contributed by atoms with Crippen LogP contribution in [-0.2, 0) is 35.9 Å². The van der Waals surface area contributed by atoms with Gasteiger partial charge in [-0.2, -0.15) is 5.10 Å². The molecule has 1 aliphatic carbocycles. The lowest BCUT2D eigenvalue weighted by atomic mass is 9.91. The zero-order valence-corrected chi connectivity index (χ0v) is 42.5. The molecule has 20 nitrogen and oxygen atoms in total. The van der Waals surface area contributed by atoms with Crippen molar-refractivity contribution in [3.63, 3.8) is 0 Å². The van der Waals surface area contributed by atoms with Crippen LogP contribution in [0.3, 0.4) is 0 Å². The topological polar surface area (TPSA) is 227 Å². The molecule has 384 valence electrons. The van der Waals surface area contributed by atoms with Crippen molar-refractivity contribution in [2.45, 2.75) is 102 Å². The Hall–Kier alpha value is -6.54. The number of hydrogen-bond acceptors (Lipinski definition) is 17. The second kappa shape index (κ2) is 22.1. The monoisotopic (exact) mass is 987 g/mol. The van der Waals surface area contributed by atoms with Crippen molar-refractivity contribution in [3.8, 4) is 22.8 Å². The Kier molecular flexibility index (Phi) is 15.4. The summed E-state index contributed by atoms with van der Waals surface area (Å²) in [5.41, 5.74) is 13.5. The molecule has 0 bridgehead atoms. The minimum atomic E-state index is -0.331. The number of carbonyl (C=O) groups is 4. The van der Waals surface area contributed by atoms with Crippen LogP contribution in [0.4, 0.5) is 17.2 Å². The molecule has 1 saturated carbocycles. The predicted octanol–water partition coefficient (Wildman–Crippen LogP) is 4.64. The minimum absolute atomic E-state index is 0.0433. The van der Waals surface area contributed by atoms with Crippen LogP contribution in [0.5, 0.6) is 0 Å². The minimum Gasteiger partial charge on any atom is -0.458 e. The molecule has 1 unspecified atom stereocenters. The first-order valence-electron chi connectivity index (χ1n) is 25.7. The number of rotatable bonds is 15. The van der Waals surface area contributed by atoms with E-state index in [1.165, 1.54) is 23.1 Å². The molecule has 0 radical (unpaired) electrons. The van der Waals surface area contributed by atoms with Crippen LogP contribution >= 0.6 is 0 Å². The molecule has 0 spiro atoms. The highest BCUT2D eigenvalue weighted by atomic mass is 16.5. The second-order valence-corrected chi connectivity index (χ2v) is 21.0. The number of nitrogens with one attached hydrogen (secondary N) is 1. The number of benzene rings is 1. The molecule has 8 heterocycles. The number of likely N-dealkylation sites (N-methyl/N-ethyl adjacent to an activating group) is 1. The summed E-state index contributed by atoms with van der Waals surface area (Å²) in [6.45, 7) is 15.8. The van der Waals surface area contributed by atoms with E-state index in [1.54, 1.807) is 11.9 Å². The van der Waals surface area contributed by atoms with E-state index in [9.17, 15) is 19.2 Å². The number of carbonyl (C=O) groups excluding carboxylic acids is 4. The first-order valence-corrected chi connectivity index (χ1v) is 25.7. The van der Waals surface area contributed by atoms with Gasteiger partial charge in [0.1, 0.15) is 35.9 Å². The number of hydrogen-bond donors (Lipinski definition) is 2. The van der Waals surface area contributed by atoms with Gasteiger partial charge in [0.25, 0.3) is 12.4 Å². The van der Waals surface area contributed by atoms with Gasteiger partial charge in [0.05, 0.1) is 16.5 Å². The first kappa shape index (κ1) is 50.4. The molecule has 2 amide bonds. The predicted molar refractivity (Wildman–Crippen MR) is 273 cm³/mol. The van der Waals surface area contributed by atoms with E-state index >= 15 is 0 Å². The number of nitrogen functional groups attached to an aromatic ring is 1. The molecule has 1 aromatic carbocycles. The van der Waals surface area contributed by atoms with Crippen molar-refractivity contribution in [1.82, 2.24) is 54.9 Å². The number of amides is 2. The van der Waals surface area contributed by atoms with Gasteiger partial charge < -0.3 is 44.7 Å². The smallest absolute Gasteiger partial charge is 0.293 e. The average Bonchev–Trinajstić information content (AvgIpc) is 3.78. The molecule has 72 heavy (non-hydrogen) atoms. The summed E-state index contributed by atoms with van der Waals surface area (Å²) in [5.74, 6) is 3.03. The third-order valence-corrected chi connectivity index (χ3v) is 15.1. The van der Waals surface area contributed by atoms with Gasteiger partial charge in [0.2, 0.25) is 5.91 Å². The number of piperidine rings is 2. The highest BCUT2D eigenvalue weighted by Crippen LogP contribution is 2.48. The molecule has 1 atom stereocenters. The van der Waals surface area contributed by atoms with Crippen molar-refractivity contribution in [2.75, 3.05) is 102 Å². The van der Waals surface area contributed by atoms with Crippen LogP contribution in [0.15, 0.2) is 41.4 Å². The zero-order chi connectivity index (χ0) is 50.5. The van der Waals surface area contributed by atoms with Gasteiger partial charge in [-0.15, -0.1) is 0 Å². The summed E-state index contributed by atoms with van der Waals surface area (Å²) >= 11 is 0. The fraction of sp³-hybridized carbons (Fsp3) is 0.577. The zero-order valence-electron chi connectivity index (χ0n) is 42.5. The normalized spacial score (nSPS) is 18.7. The van der Waals surface area contributed by atoms with E-state index in [1.807, 2.05) is 17.1 Å². The van der Waals surface area contributed by atoms with E-state index in [4.69, 9.17) is 25.3 Å². The van der Waals surface area contributed by atoms with Crippen LogP contribution in [-0.4, -0.2) is 166 Å². The maximum Gasteiger partial charge on any atom is 0.293 e. The molecule has 5 aliphatic rings. The van der Waals surface area contributed by atoms with Crippen molar-refractivity contribution < 1.29 is 28.4 Å². The molecule has 3 N–H and O–H groups in total. The third kappa shape index (κ3) is 10.9. The van der Waals surface area contributed by atoms with Crippen LogP contribution in [0.25, 0.3) is 33.8 Å². The Balaban J connectivity index is 0.000000178. The van der Waals surface area contributed by atoms with Gasteiger partial charge in [0.15, 0.2) is 23.8 Å². The summed E-state index contributed by atoms with van der Waals surface area (Å²) in [6.07, 6.45) is 14.4. The Labute approximate surface area is 421 Å². The van der Waals surface area contributed by atoms with Gasteiger partial charge in [-0.1, -0.05) is 11.2 Å². The van der Waals surface area contributed by atoms with E-state index in [0.717, 1.165) is 134 Å². The number of piperazine rings is 1. The Morgan fingerprint density at radius 1 is 0.889 bits per heavy atom. The molecule has 5 aromatic rings. The van der Waals surface area contributed by atoms with Crippen molar-refractivity contribution in [2.24, 2.45) is 5.92 Å². The first-order chi connectivity index (χ1) is 34.9. The molecule has 3 saturated heterocycles. The van der Waals surface area contributed by atoms with Crippen LogP contribution in [0.2, 0.25) is 0 Å². The van der Waals surface area contributed by atoms with E-state index in [-0.39, 0.29) is 30.0 Å². The Morgan fingerprint density at radius 3 is 2.28 bits per heavy atom.